The van der Waals surface area contributed by atoms with Crippen LogP contribution < -0.4 is 10.1 Å². The van der Waals surface area contributed by atoms with Crippen LogP contribution in [0.4, 0.5) is 0 Å². The lowest BCUT2D eigenvalue weighted by Gasteiger charge is -2.22. The Morgan fingerprint density at radius 2 is 1.83 bits per heavy atom. The monoisotopic (exact) mass is 320 g/mol. The number of nitrogens with one attached hydrogen (secondary N) is 1. The minimum atomic E-state index is -0.595. The van der Waals surface area contributed by atoms with E-state index < -0.39 is 6.10 Å². The standard InChI is InChI=1S/C20H20N2O2/c1-14(24-18-11-7-15(13-21)8-12-18)20(23)22-19(17-9-10-17)16-5-3-2-4-6-16/h2-8,11-12,14,17,19H,9-10H2,1H3,(H,22,23)/t14-,19+/m0/s1. The van der Waals surface area contributed by atoms with Crippen molar-refractivity contribution >= 4 is 5.91 Å². The highest BCUT2D eigenvalue weighted by molar-refractivity contribution is 5.81. The van der Waals surface area contributed by atoms with Gasteiger partial charge in [0.05, 0.1) is 17.7 Å². The number of carbonyl (C=O) groups is 1. The van der Waals surface area contributed by atoms with E-state index in [0.717, 1.165) is 18.4 Å². The van der Waals surface area contributed by atoms with Crippen LogP contribution in [0.5, 0.6) is 5.75 Å². The average Bonchev–Trinajstić information content (AvgIpc) is 3.45. The van der Waals surface area contributed by atoms with E-state index >= 15 is 0 Å². The molecule has 0 bridgehead atoms. The summed E-state index contributed by atoms with van der Waals surface area (Å²) in [5.74, 6) is 0.970. The van der Waals surface area contributed by atoms with Crippen LogP contribution in [0.15, 0.2) is 54.6 Å². The molecule has 122 valence electrons. The largest absolute Gasteiger partial charge is 0.481 e. The number of benzene rings is 2. The minimum Gasteiger partial charge on any atom is -0.481 e. The number of ether oxygens (including phenoxy) is 1. The molecule has 4 nitrogen and oxygen atoms in total. The van der Waals surface area contributed by atoms with Crippen LogP contribution in [0.1, 0.15) is 36.9 Å². The van der Waals surface area contributed by atoms with Crippen molar-refractivity contribution in [3.05, 3.63) is 65.7 Å². The van der Waals surface area contributed by atoms with E-state index in [0.29, 0.717) is 17.2 Å². The molecule has 1 amide bonds. The Bertz CT molecular complexity index is 730. The summed E-state index contributed by atoms with van der Waals surface area (Å²) in [5, 5.41) is 11.9. The van der Waals surface area contributed by atoms with Crippen molar-refractivity contribution in [2.24, 2.45) is 5.92 Å². The molecule has 1 N–H and O–H groups in total. The van der Waals surface area contributed by atoms with Gasteiger partial charge in [-0.2, -0.15) is 5.26 Å². The van der Waals surface area contributed by atoms with Crippen LogP contribution in [0, 0.1) is 17.2 Å². The highest BCUT2D eigenvalue weighted by atomic mass is 16.5. The summed E-state index contributed by atoms with van der Waals surface area (Å²) in [5.41, 5.74) is 1.70. The van der Waals surface area contributed by atoms with Gasteiger partial charge < -0.3 is 10.1 Å². The number of amides is 1. The summed E-state index contributed by atoms with van der Waals surface area (Å²) < 4.78 is 5.69. The van der Waals surface area contributed by atoms with Gasteiger partial charge in [0.25, 0.3) is 5.91 Å². The molecule has 0 spiro atoms. The maximum Gasteiger partial charge on any atom is 0.261 e. The molecule has 1 saturated carbocycles. The SMILES string of the molecule is C[C@H](Oc1ccc(C#N)cc1)C(=O)N[C@H](c1ccccc1)C1CC1. The normalized spacial score (nSPS) is 15.8. The molecular formula is C20H20N2O2. The van der Waals surface area contributed by atoms with E-state index in [1.807, 2.05) is 18.2 Å². The van der Waals surface area contributed by atoms with E-state index in [2.05, 4.69) is 23.5 Å². The van der Waals surface area contributed by atoms with Crippen molar-refractivity contribution in [3.8, 4) is 11.8 Å². The Morgan fingerprint density at radius 3 is 2.42 bits per heavy atom. The maximum absolute atomic E-state index is 12.5. The average molecular weight is 320 g/mol. The Morgan fingerprint density at radius 1 is 1.17 bits per heavy atom. The summed E-state index contributed by atoms with van der Waals surface area (Å²) in [4.78, 5) is 12.5. The first-order valence-corrected chi connectivity index (χ1v) is 8.19. The number of nitriles is 1. The van der Waals surface area contributed by atoms with Gasteiger partial charge in [-0.3, -0.25) is 4.79 Å². The fourth-order valence-corrected chi connectivity index (χ4v) is 2.70. The number of nitrogens with zero attached hydrogens (tertiary/aromatic N) is 1. The summed E-state index contributed by atoms with van der Waals surface area (Å²) in [7, 11) is 0. The lowest BCUT2D eigenvalue weighted by atomic mass is 10.0. The molecule has 24 heavy (non-hydrogen) atoms. The van der Waals surface area contributed by atoms with Gasteiger partial charge in [0.2, 0.25) is 0 Å². The molecule has 4 heteroatoms. The van der Waals surface area contributed by atoms with E-state index in [-0.39, 0.29) is 11.9 Å². The third kappa shape index (κ3) is 3.94. The lowest BCUT2D eigenvalue weighted by molar-refractivity contribution is -0.128. The molecule has 0 aromatic heterocycles. The lowest BCUT2D eigenvalue weighted by Crippen LogP contribution is -2.39. The van der Waals surface area contributed by atoms with Crippen LogP contribution in [0.3, 0.4) is 0 Å². The molecule has 1 fully saturated rings. The molecule has 2 aromatic rings. The third-order valence-electron chi connectivity index (χ3n) is 4.22. The van der Waals surface area contributed by atoms with Gasteiger partial charge >= 0.3 is 0 Å². The first-order chi connectivity index (χ1) is 11.7. The summed E-state index contributed by atoms with van der Waals surface area (Å²) >= 11 is 0. The highest BCUT2D eigenvalue weighted by Gasteiger charge is 2.34. The quantitative estimate of drug-likeness (QED) is 0.884. The Labute approximate surface area is 142 Å². The van der Waals surface area contributed by atoms with E-state index in [1.54, 1.807) is 31.2 Å². The molecule has 1 aliphatic rings. The number of rotatable bonds is 6. The van der Waals surface area contributed by atoms with Gasteiger partial charge in [0.1, 0.15) is 5.75 Å². The number of carbonyl (C=O) groups excluding carboxylic acids is 1. The van der Waals surface area contributed by atoms with Gasteiger partial charge in [0, 0.05) is 0 Å². The molecule has 0 aliphatic heterocycles. The van der Waals surface area contributed by atoms with Crippen LogP contribution in [-0.4, -0.2) is 12.0 Å². The smallest absolute Gasteiger partial charge is 0.261 e. The van der Waals surface area contributed by atoms with Gasteiger partial charge in [-0.1, -0.05) is 30.3 Å². The molecule has 0 saturated heterocycles. The molecule has 0 heterocycles. The molecular weight excluding hydrogens is 300 g/mol. The zero-order valence-corrected chi connectivity index (χ0v) is 13.6. The molecule has 3 rings (SSSR count). The topological polar surface area (TPSA) is 62.1 Å². The van der Waals surface area contributed by atoms with Crippen molar-refractivity contribution in [3.63, 3.8) is 0 Å². The van der Waals surface area contributed by atoms with Crippen LogP contribution in [0.25, 0.3) is 0 Å². The summed E-state index contributed by atoms with van der Waals surface area (Å²) in [6, 6.07) is 18.9. The van der Waals surface area contributed by atoms with Gasteiger partial charge in [-0.05, 0) is 55.5 Å². The predicted molar refractivity (Wildman–Crippen MR) is 91.3 cm³/mol. The summed E-state index contributed by atoms with van der Waals surface area (Å²) in [6.45, 7) is 1.74. The second-order valence-corrected chi connectivity index (χ2v) is 6.13. The maximum atomic E-state index is 12.5. The van der Waals surface area contributed by atoms with Gasteiger partial charge in [-0.25, -0.2) is 0 Å². The summed E-state index contributed by atoms with van der Waals surface area (Å²) in [6.07, 6.45) is 1.69. The Balaban J connectivity index is 1.63. The van der Waals surface area contributed by atoms with Gasteiger partial charge in [0.15, 0.2) is 6.10 Å². The first-order valence-electron chi connectivity index (χ1n) is 8.19. The second kappa shape index (κ2) is 7.18. The first kappa shape index (κ1) is 16.1. The second-order valence-electron chi connectivity index (χ2n) is 6.13. The van der Waals surface area contributed by atoms with Crippen LogP contribution >= 0.6 is 0 Å². The molecule has 1 aliphatic carbocycles. The van der Waals surface area contributed by atoms with E-state index in [1.165, 1.54) is 0 Å². The fourth-order valence-electron chi connectivity index (χ4n) is 2.70. The number of hydrogen-bond donors (Lipinski definition) is 1. The van der Waals surface area contributed by atoms with Crippen LogP contribution in [0.2, 0.25) is 0 Å². The van der Waals surface area contributed by atoms with E-state index in [4.69, 9.17) is 10.00 Å². The highest BCUT2D eigenvalue weighted by Crippen LogP contribution is 2.41. The third-order valence-corrected chi connectivity index (χ3v) is 4.22. The Kier molecular flexibility index (Phi) is 4.81. The Hall–Kier alpha value is -2.80. The molecule has 2 aromatic carbocycles. The minimum absolute atomic E-state index is 0.0470. The molecule has 0 radical (unpaired) electrons. The van der Waals surface area contributed by atoms with Gasteiger partial charge in [-0.15, -0.1) is 0 Å². The molecule has 0 unspecified atom stereocenters. The van der Waals surface area contributed by atoms with Crippen molar-refractivity contribution in [1.29, 1.82) is 5.26 Å². The predicted octanol–water partition coefficient (Wildman–Crippen LogP) is 3.59. The van der Waals surface area contributed by atoms with Crippen molar-refractivity contribution in [1.82, 2.24) is 5.32 Å². The van der Waals surface area contributed by atoms with Crippen LogP contribution in [-0.2, 0) is 4.79 Å². The zero-order valence-electron chi connectivity index (χ0n) is 13.6. The zero-order chi connectivity index (χ0) is 16.9. The molecule has 2 atom stereocenters. The number of hydrogen-bond acceptors (Lipinski definition) is 3. The van der Waals surface area contributed by atoms with E-state index in [9.17, 15) is 4.79 Å². The van der Waals surface area contributed by atoms with Crippen molar-refractivity contribution in [2.75, 3.05) is 0 Å². The van der Waals surface area contributed by atoms with Crippen molar-refractivity contribution < 1.29 is 9.53 Å². The fraction of sp³-hybridized carbons (Fsp3) is 0.300. The van der Waals surface area contributed by atoms with Crippen molar-refractivity contribution in [2.45, 2.75) is 31.9 Å².